The maximum absolute atomic E-state index is 12.1. The third-order valence-electron chi connectivity index (χ3n) is 4.55. The summed E-state index contributed by atoms with van der Waals surface area (Å²) in [6, 6.07) is 4.45. The highest BCUT2D eigenvalue weighted by molar-refractivity contribution is 5.79. The van der Waals surface area contributed by atoms with Crippen molar-refractivity contribution in [1.82, 2.24) is 20.4 Å². The molecule has 2 N–H and O–H groups in total. The number of rotatable bonds is 6. The van der Waals surface area contributed by atoms with Gasteiger partial charge in [0.1, 0.15) is 5.54 Å². The first-order valence-corrected chi connectivity index (χ1v) is 8.01. The van der Waals surface area contributed by atoms with Crippen LogP contribution in [0.4, 0.5) is 0 Å². The lowest BCUT2D eigenvalue weighted by Crippen LogP contribution is -2.52. The maximum Gasteiger partial charge on any atom is 0.235 e. The standard InChI is InChI=1S/C16H25N5O/c1-13(14(2)21-10-6-9-19-21)18-11-15(22)20-16(12-17)7-4-3-5-8-16/h6,9-10,13-14,18H,3-5,7-8,11H2,1-2H3,(H,20,22)/t13-,14-/m0/s1. The molecule has 1 saturated carbocycles. The Morgan fingerprint density at radius 1 is 1.41 bits per heavy atom. The number of carbonyl (C=O) groups is 1. The Morgan fingerprint density at radius 2 is 2.14 bits per heavy atom. The topological polar surface area (TPSA) is 82.7 Å². The first kappa shape index (κ1) is 16.5. The Labute approximate surface area is 131 Å². The molecule has 1 heterocycles. The van der Waals surface area contributed by atoms with Crippen LogP contribution in [0.5, 0.6) is 0 Å². The van der Waals surface area contributed by atoms with Gasteiger partial charge in [-0.15, -0.1) is 0 Å². The van der Waals surface area contributed by atoms with E-state index < -0.39 is 5.54 Å². The van der Waals surface area contributed by atoms with Gasteiger partial charge < -0.3 is 10.6 Å². The first-order chi connectivity index (χ1) is 10.6. The predicted octanol–water partition coefficient (Wildman–Crippen LogP) is 1.76. The molecule has 0 bridgehead atoms. The van der Waals surface area contributed by atoms with Gasteiger partial charge >= 0.3 is 0 Å². The third-order valence-corrected chi connectivity index (χ3v) is 4.55. The Kier molecular flexibility index (Phi) is 5.56. The van der Waals surface area contributed by atoms with Crippen LogP contribution in [-0.2, 0) is 4.79 Å². The van der Waals surface area contributed by atoms with Crippen LogP contribution in [0.3, 0.4) is 0 Å². The zero-order valence-corrected chi connectivity index (χ0v) is 13.4. The highest BCUT2D eigenvalue weighted by Crippen LogP contribution is 2.27. The van der Waals surface area contributed by atoms with E-state index in [4.69, 9.17) is 0 Å². The Bertz CT molecular complexity index is 513. The summed E-state index contributed by atoms with van der Waals surface area (Å²) in [5, 5.41) is 19.7. The summed E-state index contributed by atoms with van der Waals surface area (Å²) >= 11 is 0. The second kappa shape index (κ2) is 7.41. The van der Waals surface area contributed by atoms with Crippen molar-refractivity contribution in [3.63, 3.8) is 0 Å². The molecule has 6 nitrogen and oxygen atoms in total. The van der Waals surface area contributed by atoms with Crippen LogP contribution in [0.25, 0.3) is 0 Å². The third kappa shape index (κ3) is 4.08. The normalized spacial score (nSPS) is 19.9. The number of aromatic nitrogens is 2. The van der Waals surface area contributed by atoms with E-state index in [1.165, 1.54) is 0 Å². The summed E-state index contributed by atoms with van der Waals surface area (Å²) in [6.45, 7) is 4.30. The molecule has 0 saturated heterocycles. The molecule has 0 spiro atoms. The van der Waals surface area contributed by atoms with Crippen LogP contribution in [-0.4, -0.2) is 33.8 Å². The summed E-state index contributed by atoms with van der Waals surface area (Å²) < 4.78 is 1.87. The number of nitriles is 1. The molecule has 1 aromatic rings. The van der Waals surface area contributed by atoms with Crippen molar-refractivity contribution in [2.75, 3.05) is 6.54 Å². The average molecular weight is 303 g/mol. The van der Waals surface area contributed by atoms with Crippen molar-refractivity contribution in [2.24, 2.45) is 0 Å². The molecule has 120 valence electrons. The molecule has 0 unspecified atom stereocenters. The van der Waals surface area contributed by atoms with Gasteiger partial charge in [-0.05, 0) is 32.8 Å². The van der Waals surface area contributed by atoms with E-state index in [2.05, 4.69) is 28.7 Å². The molecule has 1 aromatic heterocycles. The quantitative estimate of drug-likeness (QED) is 0.839. The molecule has 0 radical (unpaired) electrons. The number of carbonyl (C=O) groups excluding carboxylic acids is 1. The van der Waals surface area contributed by atoms with Crippen LogP contribution in [0.15, 0.2) is 18.5 Å². The minimum Gasteiger partial charge on any atom is -0.337 e. The summed E-state index contributed by atoms with van der Waals surface area (Å²) in [5.74, 6) is -0.108. The second-order valence-electron chi connectivity index (χ2n) is 6.20. The Balaban J connectivity index is 1.81. The van der Waals surface area contributed by atoms with Gasteiger partial charge in [0.15, 0.2) is 0 Å². The van der Waals surface area contributed by atoms with Gasteiger partial charge in [0.2, 0.25) is 5.91 Å². The zero-order valence-electron chi connectivity index (χ0n) is 13.4. The van der Waals surface area contributed by atoms with Crippen molar-refractivity contribution in [3.8, 4) is 6.07 Å². The van der Waals surface area contributed by atoms with E-state index in [1.54, 1.807) is 6.20 Å². The first-order valence-electron chi connectivity index (χ1n) is 8.01. The SMILES string of the molecule is C[C@H](NCC(=O)NC1(C#N)CCCCC1)[C@H](C)n1cccn1. The van der Waals surface area contributed by atoms with E-state index in [1.807, 2.05) is 23.9 Å². The molecule has 1 aliphatic carbocycles. The molecule has 0 aromatic carbocycles. The molecule has 1 fully saturated rings. The number of nitrogens with zero attached hydrogens (tertiary/aromatic N) is 3. The van der Waals surface area contributed by atoms with Gasteiger partial charge in [-0.25, -0.2) is 0 Å². The van der Waals surface area contributed by atoms with E-state index in [9.17, 15) is 10.1 Å². The van der Waals surface area contributed by atoms with Crippen LogP contribution >= 0.6 is 0 Å². The maximum atomic E-state index is 12.1. The van der Waals surface area contributed by atoms with Gasteiger partial charge in [0.05, 0.1) is 18.7 Å². The molecule has 2 rings (SSSR count). The fourth-order valence-corrected chi connectivity index (χ4v) is 2.91. The number of nitrogens with one attached hydrogen (secondary N) is 2. The molecule has 6 heteroatoms. The van der Waals surface area contributed by atoms with Crippen molar-refractivity contribution in [3.05, 3.63) is 18.5 Å². The predicted molar refractivity (Wildman–Crippen MR) is 84.0 cm³/mol. The van der Waals surface area contributed by atoms with E-state index in [-0.39, 0.29) is 24.5 Å². The molecule has 0 aliphatic heterocycles. The fourth-order valence-electron chi connectivity index (χ4n) is 2.91. The van der Waals surface area contributed by atoms with Crippen molar-refractivity contribution < 1.29 is 4.79 Å². The van der Waals surface area contributed by atoms with Gasteiger partial charge in [0, 0.05) is 18.4 Å². The lowest BCUT2D eigenvalue weighted by Gasteiger charge is -2.32. The van der Waals surface area contributed by atoms with Crippen molar-refractivity contribution in [1.29, 1.82) is 5.26 Å². The number of amides is 1. The minimum atomic E-state index is -0.659. The van der Waals surface area contributed by atoms with E-state index >= 15 is 0 Å². The molecule has 1 aliphatic rings. The Hall–Kier alpha value is -1.87. The monoisotopic (exact) mass is 303 g/mol. The highest BCUT2D eigenvalue weighted by atomic mass is 16.2. The molecule has 22 heavy (non-hydrogen) atoms. The van der Waals surface area contributed by atoms with Crippen molar-refractivity contribution in [2.45, 2.75) is 63.6 Å². The fraction of sp³-hybridized carbons (Fsp3) is 0.688. The molecule has 2 atom stereocenters. The molecular weight excluding hydrogens is 278 g/mol. The summed E-state index contributed by atoms with van der Waals surface area (Å²) in [5.41, 5.74) is -0.659. The summed E-state index contributed by atoms with van der Waals surface area (Å²) in [4.78, 5) is 12.1. The van der Waals surface area contributed by atoms with Crippen LogP contribution in [0.2, 0.25) is 0 Å². The minimum absolute atomic E-state index is 0.107. The largest absolute Gasteiger partial charge is 0.337 e. The lowest BCUT2D eigenvalue weighted by molar-refractivity contribution is -0.122. The van der Waals surface area contributed by atoms with Crippen molar-refractivity contribution >= 4 is 5.91 Å². The second-order valence-corrected chi connectivity index (χ2v) is 6.20. The van der Waals surface area contributed by atoms with Gasteiger partial charge in [-0.1, -0.05) is 19.3 Å². The van der Waals surface area contributed by atoms with Crippen LogP contribution in [0, 0.1) is 11.3 Å². The molecular formula is C16H25N5O. The number of hydrogen-bond acceptors (Lipinski definition) is 4. The van der Waals surface area contributed by atoms with E-state index in [0.717, 1.165) is 32.1 Å². The van der Waals surface area contributed by atoms with Gasteiger partial charge in [-0.2, -0.15) is 10.4 Å². The van der Waals surface area contributed by atoms with Crippen LogP contribution in [0.1, 0.15) is 52.0 Å². The number of hydrogen-bond donors (Lipinski definition) is 2. The van der Waals surface area contributed by atoms with Crippen LogP contribution < -0.4 is 10.6 Å². The Morgan fingerprint density at radius 3 is 2.73 bits per heavy atom. The lowest BCUT2D eigenvalue weighted by atomic mass is 9.83. The van der Waals surface area contributed by atoms with E-state index in [0.29, 0.717) is 0 Å². The van der Waals surface area contributed by atoms with Gasteiger partial charge in [0.25, 0.3) is 0 Å². The smallest absolute Gasteiger partial charge is 0.235 e. The zero-order chi connectivity index (χ0) is 16.0. The average Bonchev–Trinajstić information content (AvgIpc) is 3.07. The summed E-state index contributed by atoms with van der Waals surface area (Å²) in [7, 11) is 0. The summed E-state index contributed by atoms with van der Waals surface area (Å²) in [6.07, 6.45) is 8.34. The van der Waals surface area contributed by atoms with Gasteiger partial charge in [-0.3, -0.25) is 9.48 Å². The molecule has 1 amide bonds. The highest BCUT2D eigenvalue weighted by Gasteiger charge is 2.33.